The Morgan fingerprint density at radius 3 is 1.86 bits per heavy atom. The molecule has 2 amide bonds. The average Bonchev–Trinajstić information content (AvgIpc) is 2.41. The van der Waals surface area contributed by atoms with E-state index in [0.717, 1.165) is 0 Å². The van der Waals surface area contributed by atoms with Crippen molar-refractivity contribution in [2.75, 3.05) is 0 Å². The Labute approximate surface area is 77.9 Å². The van der Waals surface area contributed by atoms with E-state index in [1.807, 2.05) is 0 Å². The largest absolute Gasteiger partial charge is 0.324 e. The second-order valence-corrected chi connectivity index (χ2v) is 2.71. The summed E-state index contributed by atoms with van der Waals surface area (Å²) in [5, 5.41) is 9.39. The maximum Gasteiger partial charge on any atom is 0.324 e. The van der Waals surface area contributed by atoms with Gasteiger partial charge >= 0.3 is 11.8 Å². The molecule has 0 N–H and O–H groups in total. The van der Waals surface area contributed by atoms with Crippen LogP contribution in [0.1, 0.15) is 20.7 Å². The Kier molecular flexibility index (Phi) is 1.57. The van der Waals surface area contributed by atoms with Gasteiger partial charge in [0, 0.05) is 5.01 Å². The van der Waals surface area contributed by atoms with Gasteiger partial charge in [-0.2, -0.15) is 0 Å². The topological polar surface area (TPSA) is 80.5 Å². The van der Waals surface area contributed by atoms with Crippen molar-refractivity contribution in [3.05, 3.63) is 45.5 Å². The van der Waals surface area contributed by atoms with Crippen molar-refractivity contribution in [3.8, 4) is 0 Å². The highest BCUT2D eigenvalue weighted by molar-refractivity contribution is 6.20. The Morgan fingerprint density at radius 2 is 1.50 bits per heavy atom. The summed E-state index contributed by atoms with van der Waals surface area (Å²) in [6.45, 7) is 0. The first kappa shape index (κ1) is 8.36. The monoisotopic (exact) mass is 192 g/mol. The Balaban J connectivity index is 2.59. The van der Waals surface area contributed by atoms with Crippen molar-refractivity contribution < 1.29 is 14.6 Å². The van der Waals surface area contributed by atoms with E-state index >= 15 is 0 Å². The van der Waals surface area contributed by atoms with Gasteiger partial charge in [-0.25, -0.2) is 10.1 Å². The zero-order valence-electron chi connectivity index (χ0n) is 6.84. The van der Waals surface area contributed by atoms with E-state index in [4.69, 9.17) is 0 Å². The predicted molar refractivity (Wildman–Crippen MR) is 43.9 cm³/mol. The fraction of sp³-hybridized carbons (Fsp3) is 0. The van der Waals surface area contributed by atoms with Crippen LogP contribution in [0.3, 0.4) is 0 Å². The van der Waals surface area contributed by atoms with Crippen LogP contribution in [0.2, 0.25) is 0 Å². The van der Waals surface area contributed by atoms with Gasteiger partial charge < -0.3 is 0 Å². The van der Waals surface area contributed by atoms with Gasteiger partial charge in [-0.05, 0) is 12.1 Å². The van der Waals surface area contributed by atoms with Gasteiger partial charge in [-0.1, -0.05) is 12.1 Å². The molecule has 6 nitrogen and oxygen atoms in total. The number of hydrogen-bond acceptors (Lipinski definition) is 4. The van der Waals surface area contributed by atoms with E-state index in [2.05, 4.69) is 0 Å². The van der Waals surface area contributed by atoms with Crippen molar-refractivity contribution in [2.24, 2.45) is 0 Å². The smallest absolute Gasteiger partial charge is 0.262 e. The lowest BCUT2D eigenvalue weighted by molar-refractivity contribution is -0.609. The minimum Gasteiger partial charge on any atom is -0.262 e. The predicted octanol–water partition coefficient (Wildman–Crippen LogP) is 0.474. The number of amides is 2. The molecule has 0 atom stereocenters. The number of rotatable bonds is 1. The van der Waals surface area contributed by atoms with Crippen LogP contribution in [0, 0.1) is 10.1 Å². The summed E-state index contributed by atoms with van der Waals surface area (Å²) >= 11 is 0. The first-order valence-corrected chi connectivity index (χ1v) is 3.75. The van der Waals surface area contributed by atoms with Crippen LogP contribution in [0.5, 0.6) is 0 Å². The summed E-state index contributed by atoms with van der Waals surface area (Å²) in [7, 11) is 0. The van der Waals surface area contributed by atoms with Crippen LogP contribution in [0.4, 0.5) is 0 Å². The molecule has 6 heteroatoms. The highest BCUT2D eigenvalue weighted by Crippen LogP contribution is 2.21. The molecule has 2 rings (SSSR count). The number of carbonyl (C=O) groups excluding carboxylic acids is 2. The molecule has 0 bridgehead atoms. The van der Waals surface area contributed by atoms with Crippen LogP contribution >= 0.6 is 0 Å². The second kappa shape index (κ2) is 2.63. The fourth-order valence-electron chi connectivity index (χ4n) is 1.32. The lowest BCUT2D eigenvalue weighted by atomic mass is 10.1. The molecule has 0 aromatic heterocycles. The summed E-state index contributed by atoms with van der Waals surface area (Å²) in [6, 6.07) is 5.87. The number of fused-ring (bicyclic) bond motifs is 1. The summed E-state index contributed by atoms with van der Waals surface area (Å²) in [4.78, 5) is 33.0. The molecule has 14 heavy (non-hydrogen) atoms. The SMILES string of the molecule is O=C1c2ccccc2C(=O)N1[N+](=O)[O-]. The third-order valence-corrected chi connectivity index (χ3v) is 1.94. The molecule has 1 aliphatic heterocycles. The molecule has 0 saturated carbocycles. The summed E-state index contributed by atoms with van der Waals surface area (Å²) in [6.07, 6.45) is 0. The first-order chi connectivity index (χ1) is 6.63. The molecule has 0 fully saturated rings. The van der Waals surface area contributed by atoms with Crippen molar-refractivity contribution >= 4 is 11.8 Å². The Morgan fingerprint density at radius 1 is 1.07 bits per heavy atom. The first-order valence-electron chi connectivity index (χ1n) is 3.75. The third kappa shape index (κ3) is 0.905. The van der Waals surface area contributed by atoms with Crippen molar-refractivity contribution in [1.82, 2.24) is 5.01 Å². The van der Waals surface area contributed by atoms with Crippen molar-refractivity contribution in [3.63, 3.8) is 0 Å². The van der Waals surface area contributed by atoms with E-state index < -0.39 is 16.8 Å². The molecule has 0 unspecified atom stereocenters. The molecule has 0 spiro atoms. The quantitative estimate of drug-likeness (QED) is 0.368. The molecule has 0 saturated heterocycles. The van der Waals surface area contributed by atoms with Crippen LogP contribution < -0.4 is 0 Å². The fourth-order valence-corrected chi connectivity index (χ4v) is 1.32. The third-order valence-electron chi connectivity index (χ3n) is 1.94. The summed E-state index contributed by atoms with van der Waals surface area (Å²) in [5.41, 5.74) is 0.156. The van der Waals surface area contributed by atoms with Crippen molar-refractivity contribution in [2.45, 2.75) is 0 Å². The maximum atomic E-state index is 11.3. The highest BCUT2D eigenvalue weighted by Gasteiger charge is 2.43. The van der Waals surface area contributed by atoms with E-state index in [9.17, 15) is 19.7 Å². The molecule has 0 radical (unpaired) electrons. The maximum absolute atomic E-state index is 11.3. The number of nitro groups is 1. The number of carbonyl (C=O) groups is 2. The lowest BCUT2D eigenvalue weighted by Gasteiger charge is -1.98. The molecule has 1 aromatic rings. The van der Waals surface area contributed by atoms with Crippen LogP contribution in [0.25, 0.3) is 0 Å². The molecule has 1 heterocycles. The lowest BCUT2D eigenvalue weighted by Crippen LogP contribution is -2.35. The number of imide groups is 1. The van der Waals surface area contributed by atoms with Crippen LogP contribution in [0.15, 0.2) is 24.3 Å². The number of nitrogens with zero attached hydrogens (tertiary/aromatic N) is 2. The standard InChI is InChI=1S/C8H4N2O4/c11-7-5-3-1-2-4-6(5)8(12)9(7)10(13)14/h1-4H. The molecule has 70 valence electrons. The van der Waals surface area contributed by atoms with E-state index in [0.29, 0.717) is 0 Å². The van der Waals surface area contributed by atoms with Gasteiger partial charge in [-0.3, -0.25) is 9.59 Å². The molecular weight excluding hydrogens is 188 g/mol. The van der Waals surface area contributed by atoms with E-state index in [1.165, 1.54) is 12.1 Å². The molecular formula is C8H4N2O4. The minimum absolute atomic E-state index is 0.0185. The normalized spacial score (nSPS) is 14.4. The number of hydrazine groups is 1. The molecule has 1 aliphatic rings. The van der Waals surface area contributed by atoms with Crippen molar-refractivity contribution in [1.29, 1.82) is 0 Å². The van der Waals surface area contributed by atoms with Gasteiger partial charge in [0.05, 0.1) is 11.1 Å². The molecule has 0 aliphatic carbocycles. The zero-order valence-corrected chi connectivity index (χ0v) is 6.84. The number of benzene rings is 1. The van der Waals surface area contributed by atoms with Gasteiger partial charge in [0.1, 0.15) is 0 Å². The summed E-state index contributed by atoms with van der Waals surface area (Å²) in [5.74, 6) is -1.76. The van der Waals surface area contributed by atoms with Gasteiger partial charge in [-0.15, -0.1) is 0 Å². The highest BCUT2D eigenvalue weighted by atomic mass is 16.7. The van der Waals surface area contributed by atoms with Crippen LogP contribution in [-0.2, 0) is 0 Å². The number of hydrogen-bond donors (Lipinski definition) is 0. The average molecular weight is 192 g/mol. The summed E-state index contributed by atoms with van der Waals surface area (Å²) < 4.78 is 0. The van der Waals surface area contributed by atoms with Gasteiger partial charge in [0.25, 0.3) is 0 Å². The Bertz CT molecular complexity index is 419. The zero-order chi connectivity index (χ0) is 10.3. The minimum atomic E-state index is -1.01. The van der Waals surface area contributed by atoms with E-state index in [1.54, 1.807) is 12.1 Å². The van der Waals surface area contributed by atoms with Gasteiger partial charge in [0.2, 0.25) is 0 Å². The van der Waals surface area contributed by atoms with E-state index in [-0.39, 0.29) is 16.1 Å². The van der Waals surface area contributed by atoms with Gasteiger partial charge in [0.15, 0.2) is 5.03 Å². The second-order valence-electron chi connectivity index (χ2n) is 2.71. The molecule has 1 aromatic carbocycles. The Hall–Kier alpha value is -2.24. The van der Waals surface area contributed by atoms with Crippen LogP contribution in [-0.4, -0.2) is 21.9 Å².